The second-order valence-corrected chi connectivity index (χ2v) is 4.24. The lowest BCUT2D eigenvalue weighted by atomic mass is 9.89. The maximum atomic E-state index is 6.17. The van der Waals surface area contributed by atoms with E-state index in [9.17, 15) is 0 Å². The predicted octanol–water partition coefficient (Wildman–Crippen LogP) is 2.24. The molecule has 2 heteroatoms. The third-order valence-electron chi connectivity index (χ3n) is 2.86. The summed E-state index contributed by atoms with van der Waals surface area (Å²) in [5, 5.41) is 0. The van der Waals surface area contributed by atoms with Crippen molar-refractivity contribution in [3.05, 3.63) is 35.4 Å². The molecule has 0 bridgehead atoms. The van der Waals surface area contributed by atoms with Gasteiger partial charge in [0.1, 0.15) is 0 Å². The van der Waals surface area contributed by atoms with Gasteiger partial charge in [-0.15, -0.1) is 0 Å². The van der Waals surface area contributed by atoms with Gasteiger partial charge in [0.15, 0.2) is 0 Å². The maximum absolute atomic E-state index is 6.17. The van der Waals surface area contributed by atoms with Crippen LogP contribution in [0.4, 0.5) is 0 Å². The van der Waals surface area contributed by atoms with Gasteiger partial charge in [-0.25, -0.2) is 0 Å². The fourth-order valence-corrected chi connectivity index (χ4v) is 2.06. The second kappa shape index (κ2) is 3.71. The van der Waals surface area contributed by atoms with Crippen LogP contribution in [0.5, 0.6) is 0 Å². The summed E-state index contributed by atoms with van der Waals surface area (Å²) in [6.45, 7) is 5.00. The molecule has 0 saturated heterocycles. The lowest BCUT2D eigenvalue weighted by Crippen LogP contribution is -2.37. The minimum absolute atomic E-state index is 0.0277. The lowest BCUT2D eigenvalue weighted by Gasteiger charge is -2.33. The number of fused-ring (bicyclic) bond motifs is 1. The van der Waals surface area contributed by atoms with Crippen molar-refractivity contribution in [3.63, 3.8) is 0 Å². The standard InChI is InChI=1S/C12H17NO/c1-8(2)12-11(13)10-6-4-3-5-9(10)7-14-12/h3-6,8,11-12H,7,13H2,1-2H3. The van der Waals surface area contributed by atoms with E-state index in [0.29, 0.717) is 12.5 Å². The van der Waals surface area contributed by atoms with Crippen LogP contribution < -0.4 is 5.73 Å². The second-order valence-electron chi connectivity index (χ2n) is 4.24. The Balaban J connectivity index is 2.31. The van der Waals surface area contributed by atoms with E-state index in [1.54, 1.807) is 0 Å². The molecule has 1 aliphatic rings. The van der Waals surface area contributed by atoms with E-state index >= 15 is 0 Å². The molecule has 0 radical (unpaired) electrons. The molecule has 0 spiro atoms. The van der Waals surface area contributed by atoms with Crippen LogP contribution in [0.3, 0.4) is 0 Å². The molecule has 0 aliphatic carbocycles. The van der Waals surface area contributed by atoms with Crippen molar-refractivity contribution in [2.75, 3.05) is 0 Å². The highest BCUT2D eigenvalue weighted by atomic mass is 16.5. The Morgan fingerprint density at radius 3 is 2.79 bits per heavy atom. The van der Waals surface area contributed by atoms with Crippen LogP contribution in [0.2, 0.25) is 0 Å². The van der Waals surface area contributed by atoms with E-state index < -0.39 is 0 Å². The minimum Gasteiger partial charge on any atom is -0.371 e. The van der Waals surface area contributed by atoms with Crippen molar-refractivity contribution in [3.8, 4) is 0 Å². The molecule has 2 rings (SSSR count). The number of benzene rings is 1. The van der Waals surface area contributed by atoms with Gasteiger partial charge in [0.25, 0.3) is 0 Å². The molecular formula is C12H17NO. The van der Waals surface area contributed by atoms with Gasteiger partial charge in [0, 0.05) is 0 Å². The van der Waals surface area contributed by atoms with E-state index in [0.717, 1.165) is 0 Å². The Labute approximate surface area is 85.1 Å². The molecule has 1 heterocycles. The zero-order valence-electron chi connectivity index (χ0n) is 8.73. The smallest absolute Gasteiger partial charge is 0.0795 e. The highest BCUT2D eigenvalue weighted by molar-refractivity contribution is 5.31. The van der Waals surface area contributed by atoms with Gasteiger partial charge in [-0.3, -0.25) is 0 Å². The molecule has 76 valence electrons. The van der Waals surface area contributed by atoms with Gasteiger partial charge in [-0.1, -0.05) is 38.1 Å². The Hall–Kier alpha value is -0.860. The van der Waals surface area contributed by atoms with E-state index in [-0.39, 0.29) is 12.1 Å². The first-order valence-corrected chi connectivity index (χ1v) is 5.15. The van der Waals surface area contributed by atoms with Crippen LogP contribution in [0.1, 0.15) is 31.0 Å². The van der Waals surface area contributed by atoms with Crippen LogP contribution >= 0.6 is 0 Å². The molecule has 2 nitrogen and oxygen atoms in total. The summed E-state index contributed by atoms with van der Waals surface area (Å²) in [4.78, 5) is 0. The zero-order valence-corrected chi connectivity index (χ0v) is 8.73. The minimum atomic E-state index is 0.0277. The summed E-state index contributed by atoms with van der Waals surface area (Å²) in [7, 11) is 0. The van der Waals surface area contributed by atoms with Crippen LogP contribution in [0.25, 0.3) is 0 Å². The number of nitrogens with two attached hydrogens (primary N) is 1. The number of ether oxygens (including phenoxy) is 1. The molecule has 1 aromatic carbocycles. The lowest BCUT2D eigenvalue weighted by molar-refractivity contribution is -0.0194. The third-order valence-corrected chi connectivity index (χ3v) is 2.86. The molecule has 0 aromatic heterocycles. The normalized spacial score (nSPS) is 26.3. The Kier molecular flexibility index (Phi) is 2.57. The first kappa shape index (κ1) is 9.69. The molecule has 2 unspecified atom stereocenters. The molecule has 1 aliphatic heterocycles. The molecule has 0 fully saturated rings. The predicted molar refractivity (Wildman–Crippen MR) is 56.8 cm³/mol. The SMILES string of the molecule is CC(C)C1OCc2ccccc2C1N. The Bertz CT molecular complexity index is 322. The van der Waals surface area contributed by atoms with E-state index in [2.05, 4.69) is 26.0 Å². The van der Waals surface area contributed by atoms with E-state index in [4.69, 9.17) is 10.5 Å². The maximum Gasteiger partial charge on any atom is 0.0795 e. The first-order valence-electron chi connectivity index (χ1n) is 5.15. The van der Waals surface area contributed by atoms with Crippen molar-refractivity contribution in [2.45, 2.75) is 32.6 Å². The highest BCUT2D eigenvalue weighted by Crippen LogP contribution is 2.30. The van der Waals surface area contributed by atoms with Gasteiger partial charge in [0.2, 0.25) is 0 Å². The first-order chi connectivity index (χ1) is 6.70. The molecule has 2 N–H and O–H groups in total. The quantitative estimate of drug-likeness (QED) is 0.739. The fourth-order valence-electron chi connectivity index (χ4n) is 2.06. The van der Waals surface area contributed by atoms with E-state index in [1.165, 1.54) is 11.1 Å². The Morgan fingerprint density at radius 1 is 1.36 bits per heavy atom. The summed E-state index contributed by atoms with van der Waals surface area (Å²) in [5.41, 5.74) is 8.65. The molecule has 14 heavy (non-hydrogen) atoms. The summed E-state index contributed by atoms with van der Waals surface area (Å²) < 4.78 is 5.75. The highest BCUT2D eigenvalue weighted by Gasteiger charge is 2.29. The summed E-state index contributed by atoms with van der Waals surface area (Å²) in [6.07, 6.45) is 0.157. The van der Waals surface area contributed by atoms with Gasteiger partial charge in [-0.2, -0.15) is 0 Å². The summed E-state index contributed by atoms with van der Waals surface area (Å²) >= 11 is 0. The largest absolute Gasteiger partial charge is 0.371 e. The van der Waals surface area contributed by atoms with Gasteiger partial charge in [0.05, 0.1) is 18.8 Å². The third kappa shape index (κ3) is 1.56. The van der Waals surface area contributed by atoms with Gasteiger partial charge in [-0.05, 0) is 17.0 Å². The van der Waals surface area contributed by atoms with Crippen molar-refractivity contribution in [1.82, 2.24) is 0 Å². The molecule has 2 atom stereocenters. The van der Waals surface area contributed by atoms with Crippen LogP contribution in [0, 0.1) is 5.92 Å². The van der Waals surface area contributed by atoms with Crippen molar-refractivity contribution < 1.29 is 4.74 Å². The fraction of sp³-hybridized carbons (Fsp3) is 0.500. The molecule has 0 amide bonds. The number of rotatable bonds is 1. The number of hydrogen-bond donors (Lipinski definition) is 1. The van der Waals surface area contributed by atoms with Gasteiger partial charge >= 0.3 is 0 Å². The molecule has 1 aromatic rings. The van der Waals surface area contributed by atoms with Crippen LogP contribution in [-0.2, 0) is 11.3 Å². The average Bonchev–Trinajstić information content (AvgIpc) is 2.18. The van der Waals surface area contributed by atoms with E-state index in [1.807, 2.05) is 12.1 Å². The van der Waals surface area contributed by atoms with Gasteiger partial charge < -0.3 is 10.5 Å². The average molecular weight is 191 g/mol. The van der Waals surface area contributed by atoms with Crippen molar-refractivity contribution >= 4 is 0 Å². The van der Waals surface area contributed by atoms with Crippen LogP contribution in [0.15, 0.2) is 24.3 Å². The monoisotopic (exact) mass is 191 g/mol. The summed E-state index contributed by atoms with van der Waals surface area (Å²) in [5.74, 6) is 0.471. The van der Waals surface area contributed by atoms with Crippen molar-refractivity contribution in [2.24, 2.45) is 11.7 Å². The van der Waals surface area contributed by atoms with Crippen LogP contribution in [-0.4, -0.2) is 6.10 Å². The molecular weight excluding hydrogens is 174 g/mol. The molecule has 0 saturated carbocycles. The topological polar surface area (TPSA) is 35.2 Å². The Morgan fingerprint density at radius 2 is 2.07 bits per heavy atom. The van der Waals surface area contributed by atoms with Crippen molar-refractivity contribution in [1.29, 1.82) is 0 Å². The summed E-state index contributed by atoms with van der Waals surface area (Å²) in [6, 6.07) is 8.30. The zero-order chi connectivity index (χ0) is 10.1. The number of hydrogen-bond acceptors (Lipinski definition) is 2.